The summed E-state index contributed by atoms with van der Waals surface area (Å²) in [5.41, 5.74) is 3.35. The van der Waals surface area contributed by atoms with Crippen LogP contribution in [0.15, 0.2) is 83.3 Å². The molecule has 0 aliphatic carbocycles. The number of aromatic amines is 1. The Balaban J connectivity index is 1.46. The molecule has 34 heavy (non-hydrogen) atoms. The molecule has 0 aliphatic rings. The molecular formula is C26H20N4O4. The van der Waals surface area contributed by atoms with Gasteiger partial charge in [-0.3, -0.25) is 14.7 Å². The van der Waals surface area contributed by atoms with Crippen molar-refractivity contribution >= 4 is 34.2 Å². The molecule has 2 amide bonds. The van der Waals surface area contributed by atoms with Crippen LogP contribution in [0.25, 0.3) is 22.2 Å². The van der Waals surface area contributed by atoms with Crippen molar-refractivity contribution in [1.29, 1.82) is 0 Å². The van der Waals surface area contributed by atoms with Gasteiger partial charge in [-0.25, -0.2) is 0 Å². The van der Waals surface area contributed by atoms with E-state index in [-0.39, 0.29) is 22.9 Å². The number of benzene rings is 3. The first kappa shape index (κ1) is 21.0. The van der Waals surface area contributed by atoms with Crippen LogP contribution in [0.1, 0.15) is 26.6 Å². The molecule has 2 heterocycles. The highest BCUT2D eigenvalue weighted by molar-refractivity contribution is 6.16. The van der Waals surface area contributed by atoms with Gasteiger partial charge in [0.2, 0.25) is 5.76 Å². The molecule has 8 heteroatoms. The predicted molar refractivity (Wildman–Crippen MR) is 129 cm³/mol. The van der Waals surface area contributed by atoms with Gasteiger partial charge in [0.15, 0.2) is 0 Å². The van der Waals surface area contributed by atoms with Crippen molar-refractivity contribution in [2.75, 3.05) is 10.6 Å². The number of furan rings is 1. The molecule has 0 fully saturated rings. The smallest absolute Gasteiger partial charge is 0.293 e. The summed E-state index contributed by atoms with van der Waals surface area (Å²) >= 11 is 0. The van der Waals surface area contributed by atoms with Crippen molar-refractivity contribution in [2.24, 2.45) is 0 Å². The van der Waals surface area contributed by atoms with E-state index in [0.29, 0.717) is 27.9 Å². The minimum atomic E-state index is -0.508. The topological polar surface area (TPSA) is 120 Å². The number of hydrogen-bond acceptors (Lipinski definition) is 5. The molecule has 0 unspecified atom stereocenters. The van der Waals surface area contributed by atoms with Gasteiger partial charge in [-0.15, -0.1) is 0 Å². The van der Waals surface area contributed by atoms with Gasteiger partial charge in [-0.2, -0.15) is 5.10 Å². The highest BCUT2D eigenvalue weighted by Gasteiger charge is 2.24. The maximum absolute atomic E-state index is 13.1. The van der Waals surface area contributed by atoms with Crippen molar-refractivity contribution < 1.29 is 19.1 Å². The number of aromatic nitrogens is 2. The highest BCUT2D eigenvalue weighted by atomic mass is 16.3. The largest absolute Gasteiger partial charge is 0.507 e. The Hall–Kier alpha value is -4.85. The van der Waals surface area contributed by atoms with E-state index in [1.807, 2.05) is 13.0 Å². The first-order valence-corrected chi connectivity index (χ1v) is 10.5. The molecule has 0 atom stereocenters. The Labute approximate surface area is 194 Å². The molecule has 0 saturated carbocycles. The molecule has 0 bridgehead atoms. The molecule has 5 aromatic rings. The summed E-state index contributed by atoms with van der Waals surface area (Å²) in [6.07, 6.45) is 0. The first-order chi connectivity index (χ1) is 16.5. The quantitative estimate of drug-likeness (QED) is 0.287. The van der Waals surface area contributed by atoms with Crippen LogP contribution in [0.5, 0.6) is 5.75 Å². The molecule has 5 rings (SSSR count). The van der Waals surface area contributed by atoms with E-state index in [4.69, 9.17) is 4.42 Å². The average molecular weight is 452 g/mol. The second kappa shape index (κ2) is 8.59. The second-order valence-corrected chi connectivity index (χ2v) is 7.76. The molecule has 0 saturated heterocycles. The van der Waals surface area contributed by atoms with Crippen LogP contribution in [-0.4, -0.2) is 27.1 Å². The van der Waals surface area contributed by atoms with E-state index in [2.05, 4.69) is 20.8 Å². The molecule has 0 radical (unpaired) electrons. The summed E-state index contributed by atoms with van der Waals surface area (Å²) in [7, 11) is 0. The summed E-state index contributed by atoms with van der Waals surface area (Å²) in [5, 5.41) is 23.2. The van der Waals surface area contributed by atoms with Crippen molar-refractivity contribution in [1.82, 2.24) is 10.2 Å². The van der Waals surface area contributed by atoms with Gasteiger partial charge in [0.25, 0.3) is 11.8 Å². The minimum Gasteiger partial charge on any atom is -0.507 e. The van der Waals surface area contributed by atoms with Crippen molar-refractivity contribution in [3.05, 3.63) is 95.9 Å². The summed E-state index contributed by atoms with van der Waals surface area (Å²) in [4.78, 5) is 26.0. The number of hydrogen-bond donors (Lipinski definition) is 4. The van der Waals surface area contributed by atoms with Crippen LogP contribution >= 0.6 is 0 Å². The molecule has 3 aromatic carbocycles. The van der Waals surface area contributed by atoms with Crippen molar-refractivity contribution in [2.45, 2.75) is 6.92 Å². The molecule has 4 N–H and O–H groups in total. The van der Waals surface area contributed by atoms with E-state index in [0.717, 1.165) is 5.56 Å². The van der Waals surface area contributed by atoms with Crippen LogP contribution in [0.3, 0.4) is 0 Å². The van der Waals surface area contributed by atoms with Crippen LogP contribution < -0.4 is 10.6 Å². The van der Waals surface area contributed by atoms with E-state index >= 15 is 0 Å². The van der Waals surface area contributed by atoms with Crippen molar-refractivity contribution in [3.8, 4) is 17.0 Å². The number of nitrogens with one attached hydrogen (secondary N) is 3. The lowest BCUT2D eigenvalue weighted by Crippen LogP contribution is -2.17. The molecule has 8 nitrogen and oxygen atoms in total. The number of para-hydroxylation sites is 2. The Morgan fingerprint density at radius 1 is 0.912 bits per heavy atom. The van der Waals surface area contributed by atoms with Crippen LogP contribution in [-0.2, 0) is 0 Å². The monoisotopic (exact) mass is 452 g/mol. The zero-order valence-electron chi connectivity index (χ0n) is 18.1. The number of phenols is 1. The van der Waals surface area contributed by atoms with E-state index < -0.39 is 11.8 Å². The van der Waals surface area contributed by atoms with E-state index in [9.17, 15) is 14.7 Å². The molecular weight excluding hydrogens is 432 g/mol. The number of aromatic hydroxyl groups is 1. The number of H-pyrrole nitrogens is 1. The van der Waals surface area contributed by atoms with Gasteiger partial charge in [-0.05, 0) is 49.4 Å². The fourth-order valence-electron chi connectivity index (χ4n) is 3.65. The number of nitrogens with zero attached hydrogens (tertiary/aromatic N) is 1. The number of amides is 2. The average Bonchev–Trinajstić information content (AvgIpc) is 3.47. The van der Waals surface area contributed by atoms with Gasteiger partial charge in [0.05, 0.1) is 5.69 Å². The molecule has 0 spiro atoms. The SMILES string of the molecule is Cc1ccc(O)c(-c2cc(C(=O)Nc3c(C(=O)Nc4ccccc4)oc4ccccc34)[nH]n2)c1. The number of rotatable bonds is 5. The molecule has 2 aromatic heterocycles. The van der Waals surface area contributed by atoms with E-state index in [1.54, 1.807) is 66.7 Å². The standard InChI is InChI=1S/C26H20N4O4/c1-15-11-12-21(31)18(13-15)19-14-20(30-29-19)25(32)28-23-17-9-5-6-10-22(17)34-24(23)26(33)27-16-7-3-2-4-8-16/h2-14,31H,1H3,(H,27,33)(H,28,32)(H,29,30). The highest BCUT2D eigenvalue weighted by Crippen LogP contribution is 2.33. The van der Waals surface area contributed by atoms with Crippen LogP contribution in [0.2, 0.25) is 0 Å². The Morgan fingerprint density at radius 3 is 2.50 bits per heavy atom. The minimum absolute atomic E-state index is 0.0190. The number of carbonyl (C=O) groups is 2. The summed E-state index contributed by atoms with van der Waals surface area (Å²) in [6.45, 7) is 1.90. The lowest BCUT2D eigenvalue weighted by Gasteiger charge is -2.06. The normalized spacial score (nSPS) is 10.9. The lowest BCUT2D eigenvalue weighted by atomic mass is 10.1. The summed E-state index contributed by atoms with van der Waals surface area (Å²) in [5.74, 6) is -0.960. The van der Waals surface area contributed by atoms with Gasteiger partial charge in [0.1, 0.15) is 22.7 Å². The maximum atomic E-state index is 13.1. The third-order valence-electron chi connectivity index (χ3n) is 5.32. The Kier molecular flexibility index (Phi) is 5.31. The number of carbonyl (C=O) groups excluding carboxylic acids is 2. The van der Waals surface area contributed by atoms with Gasteiger partial charge in [0, 0.05) is 16.6 Å². The third-order valence-corrected chi connectivity index (χ3v) is 5.32. The zero-order valence-corrected chi connectivity index (χ0v) is 18.1. The first-order valence-electron chi connectivity index (χ1n) is 10.5. The summed E-state index contributed by atoms with van der Waals surface area (Å²) in [6, 6.07) is 22.7. The van der Waals surface area contributed by atoms with Crippen LogP contribution in [0.4, 0.5) is 11.4 Å². The number of aryl methyl sites for hydroxylation is 1. The van der Waals surface area contributed by atoms with Gasteiger partial charge >= 0.3 is 0 Å². The predicted octanol–water partition coefficient (Wildman–Crippen LogP) is 5.34. The Morgan fingerprint density at radius 2 is 1.68 bits per heavy atom. The lowest BCUT2D eigenvalue weighted by molar-refractivity contribution is 0.0999. The van der Waals surface area contributed by atoms with Crippen LogP contribution in [0, 0.1) is 6.92 Å². The van der Waals surface area contributed by atoms with E-state index in [1.165, 1.54) is 6.07 Å². The Bertz CT molecular complexity index is 1520. The second-order valence-electron chi connectivity index (χ2n) is 7.76. The third kappa shape index (κ3) is 4.00. The number of phenolic OH excluding ortho intramolecular Hbond substituents is 1. The summed E-state index contributed by atoms with van der Waals surface area (Å²) < 4.78 is 5.79. The number of fused-ring (bicyclic) bond motifs is 1. The van der Waals surface area contributed by atoms with Gasteiger partial charge < -0.3 is 20.2 Å². The maximum Gasteiger partial charge on any atom is 0.293 e. The van der Waals surface area contributed by atoms with Crippen molar-refractivity contribution in [3.63, 3.8) is 0 Å². The van der Waals surface area contributed by atoms with Gasteiger partial charge in [-0.1, -0.05) is 42.0 Å². The molecule has 0 aliphatic heterocycles. The molecule has 168 valence electrons. The fourth-order valence-corrected chi connectivity index (χ4v) is 3.65. The number of anilines is 2. The zero-order chi connectivity index (χ0) is 23.7. The fraction of sp³-hybridized carbons (Fsp3) is 0.0385.